The number of hydrogen-bond acceptors (Lipinski definition) is 5. The Balaban J connectivity index is 1.58. The Hall–Kier alpha value is -1.30. The molecule has 2 rings (SSSR count). The lowest BCUT2D eigenvalue weighted by Crippen LogP contribution is -2.47. The molecule has 0 saturated carbocycles. The van der Waals surface area contributed by atoms with Crippen LogP contribution in [0.2, 0.25) is 0 Å². The van der Waals surface area contributed by atoms with E-state index in [1.807, 2.05) is 24.3 Å². The van der Waals surface area contributed by atoms with Crippen LogP contribution >= 0.6 is 0 Å². The molecule has 1 aliphatic heterocycles. The van der Waals surface area contributed by atoms with Crippen molar-refractivity contribution in [2.45, 2.75) is 6.42 Å². The van der Waals surface area contributed by atoms with Gasteiger partial charge >= 0.3 is 0 Å². The van der Waals surface area contributed by atoms with Crippen molar-refractivity contribution in [1.29, 1.82) is 0 Å². The summed E-state index contributed by atoms with van der Waals surface area (Å²) in [5, 5.41) is 8.90. The number of β-amino-alcohol motifs (C(OH)–C–C–N with tert-alkyl or cyclic N) is 1. The molecule has 0 spiro atoms. The maximum Gasteiger partial charge on any atom is 0.121 e. The van der Waals surface area contributed by atoms with Crippen molar-refractivity contribution in [2.75, 3.05) is 58.2 Å². The molecule has 1 fully saturated rings. The Morgan fingerprint density at radius 3 is 2.45 bits per heavy atom. The summed E-state index contributed by atoms with van der Waals surface area (Å²) in [5.41, 5.74) is 6.45. The van der Waals surface area contributed by atoms with E-state index in [9.17, 15) is 0 Å². The van der Waals surface area contributed by atoms with Gasteiger partial charge in [0.1, 0.15) is 5.75 Å². The first-order valence-electron chi connectivity index (χ1n) is 7.32. The second-order valence-electron chi connectivity index (χ2n) is 5.18. The molecule has 0 radical (unpaired) electrons. The maximum absolute atomic E-state index is 8.90. The van der Waals surface area contributed by atoms with E-state index in [0.29, 0.717) is 0 Å². The fourth-order valence-electron chi connectivity index (χ4n) is 2.46. The monoisotopic (exact) mass is 279 g/mol. The summed E-state index contributed by atoms with van der Waals surface area (Å²) >= 11 is 0. The van der Waals surface area contributed by atoms with Gasteiger partial charge in [-0.05, 0) is 18.6 Å². The lowest BCUT2D eigenvalue weighted by Gasteiger charge is -2.34. The first-order valence-corrected chi connectivity index (χ1v) is 7.32. The molecule has 5 nitrogen and oxygen atoms in total. The quantitative estimate of drug-likeness (QED) is 0.567. The highest BCUT2D eigenvalue weighted by molar-refractivity contribution is 5.43. The highest BCUT2D eigenvalue weighted by Gasteiger charge is 2.15. The standard InChI is InChI=1S/C15H25N3O2/c16-14-3-1-4-15(13-14)20-12-2-5-17-6-8-18(9-7-17)10-11-19/h1,3-4,13,19H,2,5-12,16H2. The van der Waals surface area contributed by atoms with Crippen molar-refractivity contribution in [3.63, 3.8) is 0 Å². The van der Waals surface area contributed by atoms with Gasteiger partial charge in [-0.15, -0.1) is 0 Å². The van der Waals surface area contributed by atoms with Crippen molar-refractivity contribution in [3.05, 3.63) is 24.3 Å². The van der Waals surface area contributed by atoms with Crippen LogP contribution in [-0.2, 0) is 0 Å². The molecule has 0 atom stereocenters. The van der Waals surface area contributed by atoms with Gasteiger partial charge < -0.3 is 20.5 Å². The number of nitrogens with two attached hydrogens (primary N) is 1. The Morgan fingerprint density at radius 1 is 1.10 bits per heavy atom. The summed E-state index contributed by atoms with van der Waals surface area (Å²) in [6.45, 7) is 7.11. The van der Waals surface area contributed by atoms with Crippen LogP contribution in [0.5, 0.6) is 5.75 Å². The lowest BCUT2D eigenvalue weighted by atomic mass is 10.3. The molecule has 112 valence electrons. The van der Waals surface area contributed by atoms with Crippen LogP contribution < -0.4 is 10.5 Å². The average Bonchev–Trinajstić information content (AvgIpc) is 2.46. The van der Waals surface area contributed by atoms with Gasteiger partial charge in [-0.2, -0.15) is 0 Å². The second kappa shape index (κ2) is 8.09. The summed E-state index contributed by atoms with van der Waals surface area (Å²) in [5.74, 6) is 0.845. The zero-order chi connectivity index (χ0) is 14.2. The number of anilines is 1. The smallest absolute Gasteiger partial charge is 0.121 e. The summed E-state index contributed by atoms with van der Waals surface area (Å²) < 4.78 is 5.69. The number of hydrogen-bond donors (Lipinski definition) is 2. The number of aliphatic hydroxyl groups is 1. The van der Waals surface area contributed by atoms with Gasteiger partial charge in [0.2, 0.25) is 0 Å². The molecule has 1 aromatic rings. The molecular formula is C15H25N3O2. The van der Waals surface area contributed by atoms with Gasteiger partial charge in [-0.1, -0.05) is 6.07 Å². The van der Waals surface area contributed by atoms with Crippen LogP contribution in [0.1, 0.15) is 6.42 Å². The highest BCUT2D eigenvalue weighted by atomic mass is 16.5. The summed E-state index contributed by atoms with van der Waals surface area (Å²) in [7, 11) is 0. The van der Waals surface area contributed by atoms with Gasteiger partial charge in [0, 0.05) is 51.0 Å². The number of ether oxygens (including phenoxy) is 1. The summed E-state index contributed by atoms with van der Waals surface area (Å²) in [6, 6.07) is 7.56. The summed E-state index contributed by atoms with van der Waals surface area (Å²) in [6.07, 6.45) is 1.02. The van der Waals surface area contributed by atoms with Crippen molar-refractivity contribution >= 4 is 5.69 Å². The van der Waals surface area contributed by atoms with Crippen molar-refractivity contribution in [3.8, 4) is 5.75 Å². The lowest BCUT2D eigenvalue weighted by molar-refractivity contribution is 0.108. The van der Waals surface area contributed by atoms with E-state index >= 15 is 0 Å². The molecule has 1 saturated heterocycles. The van der Waals surface area contributed by atoms with E-state index in [4.69, 9.17) is 15.6 Å². The van der Waals surface area contributed by atoms with Crippen LogP contribution in [0.4, 0.5) is 5.69 Å². The fourth-order valence-corrected chi connectivity index (χ4v) is 2.46. The molecule has 1 heterocycles. The Morgan fingerprint density at radius 2 is 1.80 bits per heavy atom. The highest BCUT2D eigenvalue weighted by Crippen LogP contribution is 2.14. The normalized spacial score (nSPS) is 17.2. The molecule has 20 heavy (non-hydrogen) atoms. The van der Waals surface area contributed by atoms with Gasteiger partial charge in [0.25, 0.3) is 0 Å². The van der Waals surface area contributed by atoms with Gasteiger partial charge in [0.05, 0.1) is 13.2 Å². The molecule has 1 aromatic carbocycles. The number of nitrogen functional groups attached to an aromatic ring is 1. The largest absolute Gasteiger partial charge is 0.493 e. The van der Waals surface area contributed by atoms with E-state index in [-0.39, 0.29) is 6.61 Å². The molecule has 0 aliphatic carbocycles. The van der Waals surface area contributed by atoms with Crippen LogP contribution in [0.25, 0.3) is 0 Å². The van der Waals surface area contributed by atoms with Crippen LogP contribution in [0.3, 0.4) is 0 Å². The average molecular weight is 279 g/mol. The Labute approximate surface area is 120 Å². The summed E-state index contributed by atoms with van der Waals surface area (Å²) in [4.78, 5) is 4.76. The minimum Gasteiger partial charge on any atom is -0.493 e. The Kier molecular flexibility index (Phi) is 6.11. The Bertz CT molecular complexity index is 392. The van der Waals surface area contributed by atoms with Crippen LogP contribution in [0, 0.1) is 0 Å². The zero-order valence-electron chi connectivity index (χ0n) is 12.0. The number of nitrogens with zero attached hydrogens (tertiary/aromatic N) is 2. The van der Waals surface area contributed by atoms with Crippen molar-refractivity contribution in [1.82, 2.24) is 9.80 Å². The number of rotatable bonds is 7. The third kappa shape index (κ3) is 5.00. The number of benzene rings is 1. The van der Waals surface area contributed by atoms with E-state index in [0.717, 1.165) is 63.7 Å². The van der Waals surface area contributed by atoms with E-state index in [2.05, 4.69) is 9.80 Å². The molecular weight excluding hydrogens is 254 g/mol. The van der Waals surface area contributed by atoms with E-state index in [1.54, 1.807) is 0 Å². The predicted octanol–water partition coefficient (Wildman–Crippen LogP) is 0.648. The van der Waals surface area contributed by atoms with E-state index < -0.39 is 0 Å². The fraction of sp³-hybridized carbons (Fsp3) is 0.600. The predicted molar refractivity (Wildman–Crippen MR) is 80.9 cm³/mol. The molecule has 0 unspecified atom stereocenters. The maximum atomic E-state index is 8.90. The van der Waals surface area contributed by atoms with Gasteiger partial charge in [-0.25, -0.2) is 0 Å². The van der Waals surface area contributed by atoms with E-state index in [1.165, 1.54) is 0 Å². The molecule has 3 N–H and O–H groups in total. The molecule has 0 amide bonds. The zero-order valence-corrected chi connectivity index (χ0v) is 12.0. The van der Waals surface area contributed by atoms with Crippen LogP contribution in [-0.4, -0.2) is 67.4 Å². The molecule has 0 bridgehead atoms. The van der Waals surface area contributed by atoms with Gasteiger partial charge in [0.15, 0.2) is 0 Å². The SMILES string of the molecule is Nc1cccc(OCCCN2CCN(CCO)CC2)c1. The molecule has 5 heteroatoms. The second-order valence-corrected chi connectivity index (χ2v) is 5.18. The minimum absolute atomic E-state index is 0.258. The molecule has 0 aromatic heterocycles. The third-order valence-electron chi connectivity index (χ3n) is 3.63. The first-order chi connectivity index (χ1) is 9.78. The topological polar surface area (TPSA) is 62.0 Å². The number of aliphatic hydroxyl groups excluding tert-OH is 1. The van der Waals surface area contributed by atoms with Crippen LogP contribution in [0.15, 0.2) is 24.3 Å². The minimum atomic E-state index is 0.258. The van der Waals surface area contributed by atoms with Crippen molar-refractivity contribution < 1.29 is 9.84 Å². The number of piperazine rings is 1. The molecule has 1 aliphatic rings. The van der Waals surface area contributed by atoms with Crippen molar-refractivity contribution in [2.24, 2.45) is 0 Å². The first kappa shape index (κ1) is 15.1. The van der Waals surface area contributed by atoms with Gasteiger partial charge in [-0.3, -0.25) is 4.90 Å². The third-order valence-corrected chi connectivity index (χ3v) is 3.63.